The number of ether oxygens (including phenoxy) is 3. The van der Waals surface area contributed by atoms with Gasteiger partial charge in [0.15, 0.2) is 0 Å². The van der Waals surface area contributed by atoms with Crippen LogP contribution in [0, 0.1) is 5.41 Å². The van der Waals surface area contributed by atoms with Gasteiger partial charge in [0.1, 0.15) is 17.1 Å². The van der Waals surface area contributed by atoms with Gasteiger partial charge in [-0.15, -0.1) is 0 Å². The number of nitrogens with zero attached hydrogens (tertiary/aromatic N) is 3. The van der Waals surface area contributed by atoms with Crippen molar-refractivity contribution >= 4 is 17.5 Å². The molecule has 2 aromatic rings. The van der Waals surface area contributed by atoms with E-state index in [0.717, 1.165) is 6.20 Å². The molecule has 0 spiro atoms. The molecular weight excluding hydrogens is 401 g/mol. The van der Waals surface area contributed by atoms with E-state index in [1.165, 1.54) is 0 Å². The van der Waals surface area contributed by atoms with Crippen LogP contribution in [-0.2, 0) is 15.7 Å². The summed E-state index contributed by atoms with van der Waals surface area (Å²) in [6.45, 7) is 5.43. The molecule has 0 aliphatic carbocycles. The molecule has 0 saturated carbocycles. The average Bonchev–Trinajstić information content (AvgIpc) is 2.72. The zero-order valence-electron chi connectivity index (χ0n) is 16.5. The fourth-order valence-corrected chi connectivity index (χ4v) is 3.20. The lowest BCUT2D eigenvalue weighted by molar-refractivity contribution is -0.137. The van der Waals surface area contributed by atoms with Crippen LogP contribution in [0.1, 0.15) is 12.5 Å². The van der Waals surface area contributed by atoms with Gasteiger partial charge in [0.05, 0.1) is 33.0 Å². The van der Waals surface area contributed by atoms with Gasteiger partial charge in [-0.2, -0.15) is 18.2 Å². The Morgan fingerprint density at radius 1 is 1.13 bits per heavy atom. The van der Waals surface area contributed by atoms with E-state index in [9.17, 15) is 13.2 Å². The molecule has 0 unspecified atom stereocenters. The lowest BCUT2D eigenvalue weighted by atomic mass is 9.90. The lowest BCUT2D eigenvalue weighted by Crippen LogP contribution is -2.44. The van der Waals surface area contributed by atoms with Crippen molar-refractivity contribution in [2.45, 2.75) is 13.1 Å². The molecular formula is C20H23F3N4O3. The van der Waals surface area contributed by atoms with Crippen LogP contribution in [0.4, 0.5) is 30.6 Å². The van der Waals surface area contributed by atoms with Crippen LogP contribution in [0.15, 0.2) is 30.5 Å². The Labute approximate surface area is 172 Å². The van der Waals surface area contributed by atoms with Crippen LogP contribution < -0.4 is 15.0 Å². The number of halogens is 3. The molecule has 4 rings (SSSR count). The van der Waals surface area contributed by atoms with Gasteiger partial charge in [-0.05, 0) is 24.3 Å². The molecule has 10 heteroatoms. The molecule has 2 aliphatic heterocycles. The molecule has 2 saturated heterocycles. The quantitative estimate of drug-likeness (QED) is 0.761. The average molecular weight is 424 g/mol. The predicted octanol–water partition coefficient (Wildman–Crippen LogP) is 3.49. The highest BCUT2D eigenvalue weighted by atomic mass is 19.4. The minimum absolute atomic E-state index is 0.0425. The number of benzene rings is 1. The summed E-state index contributed by atoms with van der Waals surface area (Å²) in [6.07, 6.45) is -3.72. The van der Waals surface area contributed by atoms with Gasteiger partial charge in [-0.3, -0.25) is 0 Å². The van der Waals surface area contributed by atoms with E-state index in [0.29, 0.717) is 57.6 Å². The minimum atomic E-state index is -4.53. The summed E-state index contributed by atoms with van der Waals surface area (Å²) < 4.78 is 56.5. The molecule has 0 radical (unpaired) electrons. The Bertz CT molecular complexity index is 867. The largest absolute Gasteiger partial charge is 0.493 e. The molecule has 2 aliphatic rings. The maximum absolute atomic E-state index is 13.4. The van der Waals surface area contributed by atoms with Gasteiger partial charge in [0.25, 0.3) is 0 Å². The first kappa shape index (κ1) is 20.7. The Hall–Kier alpha value is -2.59. The molecule has 3 heterocycles. The maximum atomic E-state index is 13.4. The number of anilines is 3. The molecule has 30 heavy (non-hydrogen) atoms. The monoisotopic (exact) mass is 424 g/mol. The Kier molecular flexibility index (Phi) is 5.70. The number of hydrogen-bond donors (Lipinski definition) is 1. The minimum Gasteiger partial charge on any atom is -0.493 e. The van der Waals surface area contributed by atoms with Crippen LogP contribution >= 0.6 is 0 Å². The van der Waals surface area contributed by atoms with Crippen molar-refractivity contribution in [3.8, 4) is 5.75 Å². The summed E-state index contributed by atoms with van der Waals surface area (Å²) in [5.74, 6) is 0.660. The third kappa shape index (κ3) is 4.76. The van der Waals surface area contributed by atoms with Crippen molar-refractivity contribution < 1.29 is 27.4 Å². The van der Waals surface area contributed by atoms with Crippen LogP contribution in [0.2, 0.25) is 0 Å². The van der Waals surface area contributed by atoms with Gasteiger partial charge in [-0.25, -0.2) is 4.98 Å². The molecule has 1 aromatic heterocycles. The second-order valence-electron chi connectivity index (χ2n) is 7.77. The molecule has 1 N–H and O–H groups in total. The molecule has 0 amide bonds. The summed E-state index contributed by atoms with van der Waals surface area (Å²) in [7, 11) is 0. The number of alkyl halides is 3. The number of aromatic nitrogens is 2. The number of nitrogens with one attached hydrogen (secondary N) is 1. The fourth-order valence-electron chi connectivity index (χ4n) is 3.20. The van der Waals surface area contributed by atoms with Crippen LogP contribution in [0.5, 0.6) is 5.75 Å². The first-order chi connectivity index (χ1) is 14.3. The van der Waals surface area contributed by atoms with Crippen molar-refractivity contribution in [1.29, 1.82) is 0 Å². The molecule has 1 aromatic carbocycles. The SMILES string of the molecule is CC1(COc2ccc(Nc3ncc(C(F)(F)F)c(N4CCOCC4)n3)cc2)COC1. The first-order valence-electron chi connectivity index (χ1n) is 9.67. The van der Waals surface area contributed by atoms with E-state index in [1.807, 2.05) is 0 Å². The Balaban J connectivity index is 1.47. The lowest BCUT2D eigenvalue weighted by Gasteiger charge is -2.37. The highest BCUT2D eigenvalue weighted by molar-refractivity contribution is 5.58. The van der Waals surface area contributed by atoms with Crippen molar-refractivity contribution in [2.75, 3.05) is 56.3 Å². The van der Waals surface area contributed by atoms with Crippen LogP contribution in [-0.4, -0.2) is 56.1 Å². The summed E-state index contributed by atoms with van der Waals surface area (Å²) >= 11 is 0. The van der Waals surface area contributed by atoms with E-state index in [2.05, 4.69) is 22.2 Å². The summed E-state index contributed by atoms with van der Waals surface area (Å²) in [5, 5.41) is 2.96. The van der Waals surface area contributed by atoms with E-state index in [4.69, 9.17) is 14.2 Å². The first-order valence-corrected chi connectivity index (χ1v) is 9.67. The second kappa shape index (κ2) is 8.27. The van der Waals surface area contributed by atoms with Crippen molar-refractivity contribution in [2.24, 2.45) is 5.41 Å². The summed E-state index contributed by atoms with van der Waals surface area (Å²) in [5.41, 5.74) is -0.165. The van der Waals surface area contributed by atoms with Crippen molar-refractivity contribution in [3.05, 3.63) is 36.0 Å². The Morgan fingerprint density at radius 3 is 2.43 bits per heavy atom. The topological polar surface area (TPSA) is 68.7 Å². The van der Waals surface area contributed by atoms with Gasteiger partial charge in [-0.1, -0.05) is 6.92 Å². The number of rotatable bonds is 6. The molecule has 162 valence electrons. The number of hydrogen-bond acceptors (Lipinski definition) is 7. The fraction of sp³-hybridized carbons (Fsp3) is 0.500. The van der Waals surface area contributed by atoms with Crippen molar-refractivity contribution in [3.63, 3.8) is 0 Å². The highest BCUT2D eigenvalue weighted by Gasteiger charge is 2.37. The molecule has 0 atom stereocenters. The smallest absolute Gasteiger partial charge is 0.421 e. The summed E-state index contributed by atoms with van der Waals surface area (Å²) in [6, 6.07) is 7.12. The van der Waals surface area contributed by atoms with Crippen LogP contribution in [0.25, 0.3) is 0 Å². The zero-order valence-corrected chi connectivity index (χ0v) is 16.5. The third-order valence-corrected chi connectivity index (χ3v) is 4.98. The standard InChI is InChI=1S/C20H23F3N4O3/c1-19(11-29-12-19)13-30-15-4-2-14(3-5-15)25-18-24-10-16(20(21,22)23)17(26-18)27-6-8-28-9-7-27/h2-5,10H,6-9,11-13H2,1H3,(H,24,25,26). The van der Waals surface area contributed by atoms with E-state index in [1.54, 1.807) is 29.2 Å². The normalized spacial score (nSPS) is 18.6. The maximum Gasteiger partial charge on any atom is 0.421 e. The van der Waals surface area contributed by atoms with Gasteiger partial charge >= 0.3 is 6.18 Å². The predicted molar refractivity (Wildman–Crippen MR) is 104 cm³/mol. The van der Waals surface area contributed by atoms with Crippen molar-refractivity contribution in [1.82, 2.24) is 9.97 Å². The van der Waals surface area contributed by atoms with E-state index >= 15 is 0 Å². The molecule has 0 bridgehead atoms. The summed E-state index contributed by atoms with van der Waals surface area (Å²) in [4.78, 5) is 9.58. The Morgan fingerprint density at radius 2 is 1.83 bits per heavy atom. The van der Waals surface area contributed by atoms with E-state index in [-0.39, 0.29) is 17.2 Å². The van der Waals surface area contributed by atoms with E-state index < -0.39 is 11.7 Å². The van der Waals surface area contributed by atoms with Gasteiger partial charge < -0.3 is 24.4 Å². The number of morpholine rings is 1. The van der Waals surface area contributed by atoms with Crippen LogP contribution in [0.3, 0.4) is 0 Å². The molecule has 2 fully saturated rings. The third-order valence-electron chi connectivity index (χ3n) is 4.98. The second-order valence-corrected chi connectivity index (χ2v) is 7.77. The zero-order chi connectivity index (χ0) is 21.2. The van der Waals surface area contributed by atoms with Gasteiger partial charge in [0.2, 0.25) is 5.95 Å². The molecule has 7 nitrogen and oxygen atoms in total. The highest BCUT2D eigenvalue weighted by Crippen LogP contribution is 2.36. The van der Waals surface area contributed by atoms with Gasteiger partial charge in [0, 0.05) is 30.4 Å².